The number of oxazole rings is 1. The zero-order chi connectivity index (χ0) is 11.5. The van der Waals surface area contributed by atoms with Crippen molar-refractivity contribution in [3.8, 4) is 0 Å². The fourth-order valence-corrected chi connectivity index (χ4v) is 1.58. The van der Waals surface area contributed by atoms with E-state index < -0.39 is 6.04 Å². The fraction of sp³-hybridized carbons (Fsp3) is 0.333. The Hall–Kier alpha value is -1.68. The summed E-state index contributed by atoms with van der Waals surface area (Å²) in [6.45, 7) is 1.99. The lowest BCUT2D eigenvalue weighted by atomic mass is 10.1. The maximum atomic E-state index is 11.8. The molecule has 1 heterocycles. The van der Waals surface area contributed by atoms with Crippen molar-refractivity contribution in [2.24, 2.45) is 5.73 Å². The van der Waals surface area contributed by atoms with Gasteiger partial charge in [-0.1, -0.05) is 25.5 Å². The number of ketones is 1. The van der Waals surface area contributed by atoms with Crippen LogP contribution in [0.2, 0.25) is 0 Å². The summed E-state index contributed by atoms with van der Waals surface area (Å²) in [5, 5.41) is 0. The van der Waals surface area contributed by atoms with Crippen LogP contribution >= 0.6 is 0 Å². The number of nitrogens with zero attached hydrogens (tertiary/aromatic N) is 1. The summed E-state index contributed by atoms with van der Waals surface area (Å²) in [6.07, 6.45) is 1.52. The Morgan fingerprint density at radius 3 is 2.94 bits per heavy atom. The Kier molecular flexibility index (Phi) is 3.01. The molecule has 0 spiro atoms. The highest BCUT2D eigenvalue weighted by molar-refractivity contribution is 5.97. The first-order valence-corrected chi connectivity index (χ1v) is 5.37. The Bertz CT molecular complexity index is 471. The van der Waals surface area contributed by atoms with Crippen LogP contribution in [0.25, 0.3) is 11.1 Å². The summed E-state index contributed by atoms with van der Waals surface area (Å²) in [6, 6.07) is 6.77. The van der Waals surface area contributed by atoms with Gasteiger partial charge in [-0.3, -0.25) is 4.79 Å². The molecule has 1 unspecified atom stereocenters. The van der Waals surface area contributed by atoms with Crippen molar-refractivity contribution in [2.75, 3.05) is 0 Å². The molecule has 0 radical (unpaired) electrons. The highest BCUT2D eigenvalue weighted by Crippen LogP contribution is 2.16. The lowest BCUT2D eigenvalue weighted by molar-refractivity contribution is 0.0925. The van der Waals surface area contributed by atoms with E-state index in [4.69, 9.17) is 10.2 Å². The molecule has 0 bridgehead atoms. The van der Waals surface area contributed by atoms with Crippen LogP contribution in [0.4, 0.5) is 0 Å². The minimum absolute atomic E-state index is 0.113. The number of carbonyl (C=O) groups excluding carboxylic acids is 1. The second kappa shape index (κ2) is 4.45. The van der Waals surface area contributed by atoms with E-state index in [1.807, 2.05) is 19.1 Å². The molecule has 0 aliphatic rings. The van der Waals surface area contributed by atoms with Crippen molar-refractivity contribution in [1.82, 2.24) is 4.98 Å². The van der Waals surface area contributed by atoms with Gasteiger partial charge in [-0.05, 0) is 18.6 Å². The van der Waals surface area contributed by atoms with Gasteiger partial charge in [0.2, 0.25) is 5.78 Å². The maximum Gasteiger partial charge on any atom is 0.265 e. The smallest absolute Gasteiger partial charge is 0.265 e. The first-order valence-electron chi connectivity index (χ1n) is 5.37. The summed E-state index contributed by atoms with van der Waals surface area (Å²) < 4.78 is 5.36. The molecular weight excluding hydrogens is 204 g/mol. The van der Waals surface area contributed by atoms with Gasteiger partial charge in [0, 0.05) is 0 Å². The third-order valence-electron chi connectivity index (χ3n) is 2.44. The van der Waals surface area contributed by atoms with Gasteiger partial charge in [0.05, 0.1) is 6.04 Å². The zero-order valence-corrected chi connectivity index (χ0v) is 9.14. The standard InChI is InChI=1S/C12H14N2O2/c1-2-5-8(13)11(15)12-14-9-6-3-4-7-10(9)16-12/h3-4,6-8H,2,5,13H2,1H3. The first-order chi connectivity index (χ1) is 7.72. The van der Waals surface area contributed by atoms with Crippen molar-refractivity contribution in [3.63, 3.8) is 0 Å². The van der Waals surface area contributed by atoms with Crippen LogP contribution in [0.3, 0.4) is 0 Å². The maximum absolute atomic E-state index is 11.8. The van der Waals surface area contributed by atoms with E-state index in [0.717, 1.165) is 6.42 Å². The number of rotatable bonds is 4. The minimum atomic E-state index is -0.516. The highest BCUT2D eigenvalue weighted by atomic mass is 16.4. The number of carbonyl (C=O) groups is 1. The molecular formula is C12H14N2O2. The van der Waals surface area contributed by atoms with Crippen molar-refractivity contribution < 1.29 is 9.21 Å². The van der Waals surface area contributed by atoms with Crippen LogP contribution in [0.1, 0.15) is 30.5 Å². The summed E-state index contributed by atoms with van der Waals surface area (Å²) in [4.78, 5) is 15.9. The third kappa shape index (κ3) is 1.97. The summed E-state index contributed by atoms with van der Waals surface area (Å²) in [5.74, 6) is -0.111. The van der Waals surface area contributed by atoms with Gasteiger partial charge < -0.3 is 10.2 Å². The SMILES string of the molecule is CCCC(N)C(=O)c1nc2ccccc2o1. The molecule has 1 aromatic carbocycles. The van der Waals surface area contributed by atoms with Crippen LogP contribution in [0.5, 0.6) is 0 Å². The fourth-order valence-electron chi connectivity index (χ4n) is 1.58. The van der Waals surface area contributed by atoms with Gasteiger partial charge in [0.25, 0.3) is 5.89 Å². The second-order valence-corrected chi connectivity index (χ2v) is 3.75. The van der Waals surface area contributed by atoms with Crippen LogP contribution in [-0.2, 0) is 0 Å². The van der Waals surface area contributed by atoms with E-state index in [2.05, 4.69) is 4.98 Å². The van der Waals surface area contributed by atoms with Crippen LogP contribution < -0.4 is 5.73 Å². The van der Waals surface area contributed by atoms with Gasteiger partial charge in [0.15, 0.2) is 5.58 Å². The van der Waals surface area contributed by atoms with E-state index in [1.54, 1.807) is 12.1 Å². The molecule has 2 rings (SSSR count). The monoisotopic (exact) mass is 218 g/mol. The van der Waals surface area contributed by atoms with E-state index in [0.29, 0.717) is 17.5 Å². The molecule has 1 aromatic heterocycles. The van der Waals surface area contributed by atoms with Crippen molar-refractivity contribution in [1.29, 1.82) is 0 Å². The number of para-hydroxylation sites is 2. The molecule has 4 heteroatoms. The molecule has 0 fully saturated rings. The largest absolute Gasteiger partial charge is 0.434 e. The lowest BCUT2D eigenvalue weighted by Crippen LogP contribution is -2.30. The first kappa shape index (κ1) is 10.8. The lowest BCUT2D eigenvalue weighted by Gasteiger charge is -2.04. The van der Waals surface area contributed by atoms with Crippen LogP contribution in [-0.4, -0.2) is 16.8 Å². The molecule has 1 atom stereocenters. The van der Waals surface area contributed by atoms with Gasteiger partial charge >= 0.3 is 0 Å². The average molecular weight is 218 g/mol. The predicted molar refractivity (Wildman–Crippen MR) is 61.2 cm³/mol. The van der Waals surface area contributed by atoms with Crippen molar-refractivity contribution in [2.45, 2.75) is 25.8 Å². The van der Waals surface area contributed by atoms with E-state index in [-0.39, 0.29) is 11.7 Å². The quantitative estimate of drug-likeness (QED) is 0.798. The van der Waals surface area contributed by atoms with Gasteiger partial charge in [-0.2, -0.15) is 0 Å². The van der Waals surface area contributed by atoms with E-state index in [1.165, 1.54) is 0 Å². The number of hydrogen-bond donors (Lipinski definition) is 1. The topological polar surface area (TPSA) is 69.1 Å². The molecule has 2 aromatic rings. The summed E-state index contributed by atoms with van der Waals surface area (Å²) in [5.41, 5.74) is 7.04. The number of hydrogen-bond acceptors (Lipinski definition) is 4. The Morgan fingerprint density at radius 2 is 2.25 bits per heavy atom. The molecule has 0 saturated heterocycles. The summed E-state index contributed by atoms with van der Waals surface area (Å²) >= 11 is 0. The van der Waals surface area contributed by atoms with Gasteiger partial charge in [0.1, 0.15) is 5.52 Å². The normalized spacial score (nSPS) is 12.9. The average Bonchev–Trinajstić information content (AvgIpc) is 2.71. The van der Waals surface area contributed by atoms with E-state index in [9.17, 15) is 4.79 Å². The van der Waals surface area contributed by atoms with Gasteiger partial charge in [-0.25, -0.2) is 4.98 Å². The van der Waals surface area contributed by atoms with Crippen LogP contribution in [0.15, 0.2) is 28.7 Å². The van der Waals surface area contributed by atoms with Crippen LogP contribution in [0, 0.1) is 0 Å². The minimum Gasteiger partial charge on any atom is -0.434 e. The summed E-state index contributed by atoms with van der Waals surface area (Å²) in [7, 11) is 0. The zero-order valence-electron chi connectivity index (χ0n) is 9.14. The third-order valence-corrected chi connectivity index (χ3v) is 2.44. The van der Waals surface area contributed by atoms with Gasteiger partial charge in [-0.15, -0.1) is 0 Å². The number of Topliss-reactive ketones (excluding diaryl/α,β-unsaturated/α-hetero) is 1. The number of fused-ring (bicyclic) bond motifs is 1. The molecule has 0 aliphatic carbocycles. The highest BCUT2D eigenvalue weighted by Gasteiger charge is 2.20. The Labute approximate surface area is 93.5 Å². The van der Waals surface area contributed by atoms with E-state index >= 15 is 0 Å². The molecule has 0 amide bonds. The molecule has 2 N–H and O–H groups in total. The number of benzene rings is 1. The molecule has 0 saturated carbocycles. The molecule has 0 aliphatic heterocycles. The molecule has 4 nitrogen and oxygen atoms in total. The van der Waals surface area contributed by atoms with Crippen molar-refractivity contribution >= 4 is 16.9 Å². The number of aromatic nitrogens is 1. The molecule has 84 valence electrons. The molecule has 16 heavy (non-hydrogen) atoms. The second-order valence-electron chi connectivity index (χ2n) is 3.75. The van der Waals surface area contributed by atoms with Crippen molar-refractivity contribution in [3.05, 3.63) is 30.2 Å². The Morgan fingerprint density at radius 1 is 1.50 bits per heavy atom. The number of nitrogens with two attached hydrogens (primary N) is 1. The predicted octanol–water partition coefficient (Wildman–Crippen LogP) is 2.14. The Balaban J connectivity index is 2.29.